The molecule has 0 bridgehead atoms. The van der Waals surface area contributed by atoms with Gasteiger partial charge in [-0.1, -0.05) is 0 Å². The first-order valence-corrected chi connectivity index (χ1v) is 3.11. The van der Waals surface area contributed by atoms with Crippen molar-refractivity contribution in [3.8, 4) is 0 Å². The van der Waals surface area contributed by atoms with Crippen LogP contribution in [0.5, 0.6) is 0 Å². The van der Waals surface area contributed by atoms with Gasteiger partial charge in [0.1, 0.15) is 0 Å². The second-order valence-corrected chi connectivity index (χ2v) is 2.10. The lowest BCUT2D eigenvalue weighted by Crippen LogP contribution is -2.19. The molecule has 0 unspecified atom stereocenters. The lowest BCUT2D eigenvalue weighted by molar-refractivity contribution is -0.136. The number of esters is 1. The van der Waals surface area contributed by atoms with E-state index in [1.165, 1.54) is 0 Å². The Morgan fingerprint density at radius 1 is 1.54 bits per heavy atom. The number of halogens is 3. The quantitative estimate of drug-likeness (QED) is 0.572. The highest BCUT2D eigenvalue weighted by molar-refractivity contribution is 6.06. The van der Waals surface area contributed by atoms with E-state index in [0.29, 0.717) is 6.08 Å². The van der Waals surface area contributed by atoms with Crippen LogP contribution in [-0.2, 0) is 9.53 Å². The lowest BCUT2D eigenvalue weighted by Gasteiger charge is -1.99. The summed E-state index contributed by atoms with van der Waals surface area (Å²) < 4.78 is 39.9. The van der Waals surface area contributed by atoms with E-state index < -0.39 is 23.6 Å². The van der Waals surface area contributed by atoms with Crippen molar-refractivity contribution >= 4 is 11.7 Å². The van der Waals surface area contributed by atoms with Gasteiger partial charge in [-0.05, 0) is 0 Å². The van der Waals surface area contributed by atoms with E-state index in [2.05, 4.69) is 15.3 Å². The van der Waals surface area contributed by atoms with Crippen LogP contribution < -0.4 is 5.43 Å². The molecule has 4 nitrogen and oxygen atoms in total. The van der Waals surface area contributed by atoms with Gasteiger partial charge in [0, 0.05) is 6.08 Å². The second kappa shape index (κ2) is 3.08. The van der Waals surface area contributed by atoms with E-state index in [0.717, 1.165) is 7.11 Å². The van der Waals surface area contributed by atoms with Crippen LogP contribution in [0.4, 0.5) is 13.2 Å². The predicted octanol–water partition coefficient (Wildman–Crippen LogP) is 0.580. The number of methoxy groups -OCH3 is 1. The number of hydrogen-bond acceptors (Lipinski definition) is 3. The smallest absolute Gasteiger partial charge is 0.435 e. The fourth-order valence-electron chi connectivity index (χ4n) is 0.638. The first-order valence-electron chi connectivity index (χ1n) is 3.11. The molecule has 13 heavy (non-hydrogen) atoms. The van der Waals surface area contributed by atoms with Gasteiger partial charge in [0.15, 0.2) is 11.4 Å². The molecule has 1 aliphatic heterocycles. The Kier molecular flexibility index (Phi) is 2.26. The molecule has 0 N–H and O–H groups in total. The summed E-state index contributed by atoms with van der Waals surface area (Å²) in [6, 6.07) is 0. The van der Waals surface area contributed by atoms with Gasteiger partial charge in [-0.2, -0.15) is 13.2 Å². The summed E-state index contributed by atoms with van der Waals surface area (Å²) in [5.41, 5.74) is 1.36. The van der Waals surface area contributed by atoms with Crippen LogP contribution >= 0.6 is 0 Å². The first-order chi connectivity index (χ1) is 5.95. The number of rotatable bonds is 1. The van der Waals surface area contributed by atoms with Gasteiger partial charge < -0.3 is 4.74 Å². The number of carbonyl (C=O) groups excluding carboxylic acids is 1. The number of nitrogens with zero attached hydrogens (tertiary/aromatic N) is 2. The van der Waals surface area contributed by atoms with E-state index in [1.54, 1.807) is 0 Å². The Balaban J connectivity index is 2.77. The van der Waals surface area contributed by atoms with E-state index in [9.17, 15) is 18.0 Å². The number of alkyl halides is 3. The summed E-state index contributed by atoms with van der Waals surface area (Å²) >= 11 is 0. The lowest BCUT2D eigenvalue weighted by atomic mass is 10.3. The van der Waals surface area contributed by atoms with Gasteiger partial charge >= 0.3 is 12.1 Å². The van der Waals surface area contributed by atoms with Crippen molar-refractivity contribution < 1.29 is 22.7 Å². The zero-order valence-corrected chi connectivity index (χ0v) is 6.42. The predicted molar refractivity (Wildman–Crippen MR) is 35.7 cm³/mol. The topological polar surface area (TPSA) is 52.8 Å². The van der Waals surface area contributed by atoms with Crippen LogP contribution in [0.25, 0.3) is 0 Å². The molecule has 1 rings (SSSR count). The Hall–Kier alpha value is -1.53. The fourth-order valence-corrected chi connectivity index (χ4v) is 0.638. The third-order valence-electron chi connectivity index (χ3n) is 1.22. The average Bonchev–Trinajstić information content (AvgIpc) is 2.50. The minimum Gasteiger partial charge on any atom is -0.464 e. The molecule has 0 saturated heterocycles. The summed E-state index contributed by atoms with van der Waals surface area (Å²) in [6.07, 6.45) is -4.05. The number of allylic oxidation sites excluding steroid dienone is 1. The molecule has 0 aromatic carbocycles. The van der Waals surface area contributed by atoms with Gasteiger partial charge in [-0.25, -0.2) is 4.79 Å². The van der Waals surface area contributed by atoms with Crippen LogP contribution in [-0.4, -0.2) is 25.0 Å². The SMILES string of the molecule is COC(=O)C1=CC(C(F)(F)F)=N[N]1. The van der Waals surface area contributed by atoms with Crippen molar-refractivity contribution in [3.63, 3.8) is 0 Å². The normalized spacial score (nSPS) is 16.0. The van der Waals surface area contributed by atoms with Crippen molar-refractivity contribution in [2.75, 3.05) is 7.11 Å². The Labute approximate surface area is 71.1 Å². The number of ether oxygens (including phenoxy) is 1. The van der Waals surface area contributed by atoms with Crippen molar-refractivity contribution in [3.05, 3.63) is 11.8 Å². The molecule has 0 aromatic rings. The van der Waals surface area contributed by atoms with Gasteiger partial charge in [0.05, 0.1) is 7.11 Å². The van der Waals surface area contributed by atoms with Crippen molar-refractivity contribution in [2.24, 2.45) is 5.10 Å². The standard InChI is InChI=1S/C6H4F3N2O2/c1-13-5(12)3-2-4(11-10-3)6(7,8)9/h2H,1H3. The fraction of sp³-hybridized carbons (Fsp3) is 0.333. The monoisotopic (exact) mass is 193 g/mol. The second-order valence-electron chi connectivity index (χ2n) is 2.10. The molecular weight excluding hydrogens is 189 g/mol. The molecule has 0 fully saturated rings. The maximum Gasteiger partial charge on any atom is 0.435 e. The number of hydrogen-bond donors (Lipinski definition) is 0. The Morgan fingerprint density at radius 3 is 2.54 bits per heavy atom. The Morgan fingerprint density at radius 2 is 2.15 bits per heavy atom. The summed E-state index contributed by atoms with van der Waals surface area (Å²) in [5.74, 6) is -0.942. The van der Waals surface area contributed by atoms with E-state index in [4.69, 9.17) is 0 Å². The maximum absolute atomic E-state index is 11.9. The largest absolute Gasteiger partial charge is 0.464 e. The van der Waals surface area contributed by atoms with Gasteiger partial charge in [0.2, 0.25) is 0 Å². The van der Waals surface area contributed by atoms with E-state index in [1.807, 2.05) is 0 Å². The van der Waals surface area contributed by atoms with Crippen LogP contribution in [0, 0.1) is 0 Å². The van der Waals surface area contributed by atoms with E-state index in [-0.39, 0.29) is 0 Å². The van der Waals surface area contributed by atoms with Crippen molar-refractivity contribution in [1.29, 1.82) is 0 Å². The summed E-state index contributed by atoms with van der Waals surface area (Å²) in [4.78, 5) is 10.7. The molecular formula is C6H4F3N2O2. The van der Waals surface area contributed by atoms with Crippen LogP contribution in [0.1, 0.15) is 0 Å². The van der Waals surface area contributed by atoms with Crippen LogP contribution in [0.3, 0.4) is 0 Å². The van der Waals surface area contributed by atoms with Crippen molar-refractivity contribution in [2.45, 2.75) is 6.18 Å². The zero-order valence-electron chi connectivity index (χ0n) is 6.42. The molecule has 0 amide bonds. The zero-order chi connectivity index (χ0) is 10.1. The molecule has 0 atom stereocenters. The highest BCUT2D eigenvalue weighted by Gasteiger charge is 2.38. The van der Waals surface area contributed by atoms with Gasteiger partial charge in [0.25, 0.3) is 0 Å². The first kappa shape index (κ1) is 9.56. The molecule has 0 spiro atoms. The molecule has 7 heteroatoms. The maximum atomic E-state index is 11.9. The molecule has 71 valence electrons. The van der Waals surface area contributed by atoms with Crippen LogP contribution in [0.15, 0.2) is 16.9 Å². The van der Waals surface area contributed by atoms with E-state index >= 15 is 0 Å². The molecule has 0 saturated carbocycles. The highest BCUT2D eigenvalue weighted by Crippen LogP contribution is 2.21. The Bertz CT molecular complexity index is 293. The molecule has 0 aliphatic carbocycles. The molecule has 1 radical (unpaired) electrons. The minimum atomic E-state index is -4.58. The summed E-state index contributed by atoms with van der Waals surface area (Å²) in [7, 11) is 1.05. The average molecular weight is 193 g/mol. The molecule has 0 aromatic heterocycles. The van der Waals surface area contributed by atoms with Gasteiger partial charge in [-0.15, -0.1) is 10.5 Å². The summed E-state index contributed by atoms with van der Waals surface area (Å²) in [5, 5.41) is 2.78. The number of carbonyl (C=O) groups is 1. The highest BCUT2D eigenvalue weighted by atomic mass is 19.4. The summed E-state index contributed by atoms with van der Waals surface area (Å²) in [6.45, 7) is 0. The van der Waals surface area contributed by atoms with Crippen LogP contribution in [0.2, 0.25) is 0 Å². The van der Waals surface area contributed by atoms with Gasteiger partial charge in [-0.3, -0.25) is 0 Å². The third kappa shape index (κ3) is 1.98. The molecule has 1 aliphatic rings. The minimum absolute atomic E-state index is 0.449. The third-order valence-corrected chi connectivity index (χ3v) is 1.22. The van der Waals surface area contributed by atoms with Crippen molar-refractivity contribution in [1.82, 2.24) is 5.43 Å². The molecule has 1 heterocycles.